The molecule has 3 rings (SSSR count). The highest BCUT2D eigenvalue weighted by atomic mass is 16.3. The number of aryl methyl sites for hydroxylation is 2. The largest absolute Gasteiger partial charge is 0.464 e. The second-order valence-corrected chi connectivity index (χ2v) is 6.96. The second-order valence-electron chi connectivity index (χ2n) is 6.96. The highest BCUT2D eigenvalue weighted by Crippen LogP contribution is 2.21. The molecular weight excluding hydrogens is 326 g/mol. The number of furan rings is 1. The lowest BCUT2D eigenvalue weighted by Gasteiger charge is -2.11. The van der Waals surface area contributed by atoms with E-state index in [-0.39, 0.29) is 5.56 Å². The molecule has 2 heterocycles. The molecule has 0 aliphatic heterocycles. The molecule has 0 spiro atoms. The summed E-state index contributed by atoms with van der Waals surface area (Å²) in [6, 6.07) is 13.6. The van der Waals surface area contributed by atoms with Crippen LogP contribution in [-0.4, -0.2) is 9.55 Å². The van der Waals surface area contributed by atoms with Crippen LogP contribution in [0.1, 0.15) is 31.5 Å². The zero-order valence-electron chi connectivity index (χ0n) is 15.3. The number of hydrogen-bond acceptors (Lipinski definition) is 4. The van der Waals surface area contributed by atoms with Crippen LogP contribution in [0.2, 0.25) is 0 Å². The van der Waals surface area contributed by atoms with E-state index >= 15 is 0 Å². The van der Waals surface area contributed by atoms with Gasteiger partial charge in [-0.05, 0) is 48.9 Å². The topological polar surface area (TPSA) is 74.1 Å². The van der Waals surface area contributed by atoms with Crippen LogP contribution in [0.3, 0.4) is 0 Å². The summed E-state index contributed by atoms with van der Waals surface area (Å²) in [5.41, 5.74) is 8.88. The van der Waals surface area contributed by atoms with E-state index in [9.17, 15) is 4.79 Å². The Bertz CT molecular complexity index is 911. The van der Waals surface area contributed by atoms with Gasteiger partial charge in [-0.2, -0.15) is 0 Å². The lowest BCUT2D eigenvalue weighted by Crippen LogP contribution is -2.25. The molecule has 3 aromatic rings. The van der Waals surface area contributed by atoms with Crippen LogP contribution in [0.25, 0.3) is 11.3 Å². The third-order valence-electron chi connectivity index (χ3n) is 4.42. The minimum atomic E-state index is -0.0718. The van der Waals surface area contributed by atoms with Crippen molar-refractivity contribution in [2.24, 2.45) is 5.92 Å². The van der Waals surface area contributed by atoms with Crippen molar-refractivity contribution in [2.45, 2.75) is 39.7 Å². The molecule has 0 fully saturated rings. The molecule has 0 bridgehead atoms. The predicted octanol–water partition coefficient (Wildman–Crippen LogP) is 3.92. The lowest BCUT2D eigenvalue weighted by molar-refractivity contribution is 0.507. The number of nitrogens with zero attached hydrogens (tertiary/aromatic N) is 2. The smallest absolute Gasteiger partial charge is 0.255 e. The van der Waals surface area contributed by atoms with Crippen molar-refractivity contribution >= 4 is 5.95 Å². The van der Waals surface area contributed by atoms with E-state index in [0.29, 0.717) is 24.8 Å². The van der Waals surface area contributed by atoms with Crippen LogP contribution >= 0.6 is 0 Å². The molecule has 5 heteroatoms. The van der Waals surface area contributed by atoms with E-state index in [1.54, 1.807) is 16.9 Å². The summed E-state index contributed by atoms with van der Waals surface area (Å²) < 4.78 is 7.01. The van der Waals surface area contributed by atoms with Crippen molar-refractivity contribution in [1.29, 1.82) is 0 Å². The maximum Gasteiger partial charge on any atom is 0.255 e. The molecule has 0 saturated heterocycles. The van der Waals surface area contributed by atoms with Gasteiger partial charge in [-0.3, -0.25) is 9.36 Å². The van der Waals surface area contributed by atoms with Gasteiger partial charge in [0, 0.05) is 18.2 Å². The van der Waals surface area contributed by atoms with Crippen molar-refractivity contribution in [1.82, 2.24) is 9.55 Å². The molecule has 0 aliphatic rings. The Kier molecular flexibility index (Phi) is 5.56. The van der Waals surface area contributed by atoms with Gasteiger partial charge in [-0.1, -0.05) is 32.0 Å². The Labute approximate surface area is 153 Å². The van der Waals surface area contributed by atoms with Gasteiger partial charge in [0.15, 0.2) is 0 Å². The molecule has 2 aromatic heterocycles. The zero-order valence-corrected chi connectivity index (χ0v) is 15.3. The Morgan fingerprint density at radius 3 is 2.69 bits per heavy atom. The molecule has 0 unspecified atom stereocenters. The monoisotopic (exact) mass is 351 g/mol. The fourth-order valence-electron chi connectivity index (χ4n) is 2.91. The van der Waals surface area contributed by atoms with E-state index in [1.807, 2.05) is 24.3 Å². The molecule has 0 aliphatic carbocycles. The number of nitrogen functional groups attached to an aromatic ring is 1. The summed E-state index contributed by atoms with van der Waals surface area (Å²) >= 11 is 0. The van der Waals surface area contributed by atoms with Crippen LogP contribution in [0.4, 0.5) is 5.95 Å². The Hall–Kier alpha value is -2.82. The van der Waals surface area contributed by atoms with Gasteiger partial charge in [0.05, 0.1) is 12.0 Å². The number of benzene rings is 1. The fourth-order valence-corrected chi connectivity index (χ4v) is 2.91. The highest BCUT2D eigenvalue weighted by molar-refractivity contribution is 5.58. The molecular formula is C21H25N3O2. The van der Waals surface area contributed by atoms with Gasteiger partial charge in [-0.25, -0.2) is 4.98 Å². The predicted molar refractivity (Wildman–Crippen MR) is 104 cm³/mol. The molecule has 26 heavy (non-hydrogen) atoms. The van der Waals surface area contributed by atoms with E-state index in [4.69, 9.17) is 10.2 Å². The molecule has 0 atom stereocenters. The summed E-state index contributed by atoms with van der Waals surface area (Å²) in [6.45, 7) is 4.86. The van der Waals surface area contributed by atoms with Crippen LogP contribution in [0, 0.1) is 5.92 Å². The third kappa shape index (κ3) is 4.42. The fraction of sp³-hybridized carbons (Fsp3) is 0.333. The van der Waals surface area contributed by atoms with Crippen molar-refractivity contribution in [3.8, 4) is 11.3 Å². The quantitative estimate of drug-likeness (QED) is 0.700. The first kappa shape index (κ1) is 18.0. The van der Waals surface area contributed by atoms with E-state index in [1.165, 1.54) is 5.56 Å². The summed E-state index contributed by atoms with van der Waals surface area (Å²) in [5.74, 6) is 1.67. The first-order valence-electron chi connectivity index (χ1n) is 9.02. The van der Waals surface area contributed by atoms with Gasteiger partial charge in [0.1, 0.15) is 5.76 Å². The highest BCUT2D eigenvalue weighted by Gasteiger charge is 2.08. The van der Waals surface area contributed by atoms with Crippen molar-refractivity contribution in [2.75, 3.05) is 5.73 Å². The molecule has 0 radical (unpaired) electrons. The normalized spacial score (nSPS) is 11.2. The molecule has 1 aromatic carbocycles. The minimum Gasteiger partial charge on any atom is -0.464 e. The molecule has 136 valence electrons. The van der Waals surface area contributed by atoms with Gasteiger partial charge in [0.25, 0.3) is 5.56 Å². The Morgan fingerprint density at radius 2 is 2.00 bits per heavy atom. The summed E-state index contributed by atoms with van der Waals surface area (Å²) in [4.78, 5) is 16.7. The Morgan fingerprint density at radius 1 is 1.15 bits per heavy atom. The first-order chi connectivity index (χ1) is 12.5. The van der Waals surface area contributed by atoms with E-state index < -0.39 is 0 Å². The molecule has 5 nitrogen and oxygen atoms in total. The van der Waals surface area contributed by atoms with Crippen LogP contribution in [0.15, 0.2) is 57.9 Å². The maximum atomic E-state index is 12.3. The molecule has 0 amide bonds. The first-order valence-corrected chi connectivity index (χ1v) is 9.02. The standard InChI is InChI=1S/C21H25N3O2/c1-15(2)10-11-24-20(25)14-18(23-21(24)22)9-8-16-5-3-6-17(13-16)19-7-4-12-26-19/h3-7,12-15H,8-11H2,1-2H3,(H2,22,23). The lowest BCUT2D eigenvalue weighted by atomic mass is 10.0. The van der Waals surface area contributed by atoms with E-state index in [2.05, 4.69) is 31.0 Å². The number of aromatic nitrogens is 2. The maximum absolute atomic E-state index is 12.3. The number of nitrogens with two attached hydrogens (primary N) is 1. The summed E-state index contributed by atoms with van der Waals surface area (Å²) in [6.07, 6.45) is 4.04. The number of hydrogen-bond donors (Lipinski definition) is 1. The van der Waals surface area contributed by atoms with Crippen molar-refractivity contribution in [3.63, 3.8) is 0 Å². The summed E-state index contributed by atoms with van der Waals surface area (Å²) in [5, 5.41) is 0. The van der Waals surface area contributed by atoms with Crippen LogP contribution < -0.4 is 11.3 Å². The van der Waals surface area contributed by atoms with Crippen LogP contribution in [0.5, 0.6) is 0 Å². The zero-order chi connectivity index (χ0) is 18.5. The Balaban J connectivity index is 1.70. The summed E-state index contributed by atoms with van der Waals surface area (Å²) in [7, 11) is 0. The second kappa shape index (κ2) is 8.04. The van der Waals surface area contributed by atoms with Crippen molar-refractivity contribution in [3.05, 3.63) is 70.3 Å². The average molecular weight is 351 g/mol. The van der Waals surface area contributed by atoms with Gasteiger partial charge < -0.3 is 10.2 Å². The van der Waals surface area contributed by atoms with Crippen molar-refractivity contribution < 1.29 is 4.42 Å². The van der Waals surface area contributed by atoms with Crippen LogP contribution in [-0.2, 0) is 19.4 Å². The number of rotatable bonds is 7. The van der Waals surface area contributed by atoms with E-state index in [0.717, 1.165) is 29.9 Å². The third-order valence-corrected chi connectivity index (χ3v) is 4.42. The minimum absolute atomic E-state index is 0.0718. The average Bonchev–Trinajstić information content (AvgIpc) is 3.14. The number of anilines is 1. The SMILES string of the molecule is CC(C)CCn1c(N)nc(CCc2cccc(-c3ccco3)c2)cc1=O. The van der Waals surface area contributed by atoms with Gasteiger partial charge in [-0.15, -0.1) is 0 Å². The van der Waals surface area contributed by atoms with Gasteiger partial charge in [0.2, 0.25) is 5.95 Å². The molecule has 0 saturated carbocycles. The molecule has 2 N–H and O–H groups in total. The van der Waals surface area contributed by atoms with Gasteiger partial charge >= 0.3 is 0 Å².